The first-order valence-electron chi connectivity index (χ1n) is 6.51. The number of hydrogen-bond donors (Lipinski definition) is 1. The fraction of sp³-hybridized carbons (Fsp3) is 0.462. The van der Waals surface area contributed by atoms with Crippen LogP contribution in [0, 0.1) is 0 Å². The third kappa shape index (κ3) is 5.74. The summed E-state index contributed by atoms with van der Waals surface area (Å²) in [4.78, 5) is 11.3. The Morgan fingerprint density at radius 1 is 1.09 bits per heavy atom. The van der Waals surface area contributed by atoms with E-state index < -0.39 is 25.8 Å². The van der Waals surface area contributed by atoms with Crippen LogP contribution in [0.3, 0.4) is 0 Å². The van der Waals surface area contributed by atoms with Crippen molar-refractivity contribution in [3.8, 4) is 0 Å². The summed E-state index contributed by atoms with van der Waals surface area (Å²) in [6.45, 7) is 3.30. The largest absolute Gasteiger partial charge is 0.463 e. The van der Waals surface area contributed by atoms with Crippen LogP contribution in [0.4, 0.5) is 0 Å². The maximum absolute atomic E-state index is 12.0. The SMILES string of the molecule is CC(C)OC(=O)CCNS(=O)(=O)c1ccc(S(C)(=O)=O)cc1. The van der Waals surface area contributed by atoms with Crippen LogP contribution in [0.15, 0.2) is 34.1 Å². The number of benzene rings is 1. The van der Waals surface area contributed by atoms with Crippen LogP contribution < -0.4 is 4.72 Å². The first kappa shape index (κ1) is 18.6. The van der Waals surface area contributed by atoms with E-state index in [0.717, 1.165) is 6.26 Å². The molecule has 1 aromatic rings. The molecule has 0 radical (unpaired) electrons. The van der Waals surface area contributed by atoms with Gasteiger partial charge in [-0.1, -0.05) is 0 Å². The van der Waals surface area contributed by atoms with Gasteiger partial charge in [0.15, 0.2) is 9.84 Å². The number of hydrogen-bond acceptors (Lipinski definition) is 6. The first-order valence-corrected chi connectivity index (χ1v) is 9.89. The molecule has 0 aliphatic carbocycles. The molecule has 22 heavy (non-hydrogen) atoms. The zero-order chi connectivity index (χ0) is 17.0. The van der Waals surface area contributed by atoms with Gasteiger partial charge < -0.3 is 4.74 Å². The van der Waals surface area contributed by atoms with Crippen molar-refractivity contribution in [3.63, 3.8) is 0 Å². The summed E-state index contributed by atoms with van der Waals surface area (Å²) in [5.74, 6) is -0.495. The molecule has 124 valence electrons. The molecule has 7 nitrogen and oxygen atoms in total. The molecule has 0 saturated heterocycles. The summed E-state index contributed by atoms with van der Waals surface area (Å²) in [5, 5.41) is 0. The summed E-state index contributed by atoms with van der Waals surface area (Å²) < 4.78 is 53.7. The molecule has 1 rings (SSSR count). The Hall–Kier alpha value is -1.45. The topological polar surface area (TPSA) is 107 Å². The zero-order valence-electron chi connectivity index (χ0n) is 12.6. The fourth-order valence-electron chi connectivity index (χ4n) is 1.56. The van der Waals surface area contributed by atoms with Crippen molar-refractivity contribution in [3.05, 3.63) is 24.3 Å². The van der Waals surface area contributed by atoms with Crippen LogP contribution in [0.25, 0.3) is 0 Å². The average Bonchev–Trinajstić information content (AvgIpc) is 2.36. The monoisotopic (exact) mass is 349 g/mol. The van der Waals surface area contributed by atoms with Gasteiger partial charge in [0.05, 0.1) is 22.3 Å². The van der Waals surface area contributed by atoms with Gasteiger partial charge in [0.2, 0.25) is 10.0 Å². The number of esters is 1. The minimum Gasteiger partial charge on any atom is -0.463 e. The summed E-state index contributed by atoms with van der Waals surface area (Å²) in [6, 6.07) is 4.84. The van der Waals surface area contributed by atoms with Crippen LogP contribution >= 0.6 is 0 Å². The second kappa shape index (κ2) is 7.21. The number of sulfonamides is 1. The maximum Gasteiger partial charge on any atom is 0.307 e. The number of sulfone groups is 1. The molecule has 0 fully saturated rings. The molecule has 0 aliphatic rings. The molecule has 1 N–H and O–H groups in total. The molecular weight excluding hydrogens is 330 g/mol. The quantitative estimate of drug-likeness (QED) is 0.727. The van der Waals surface area contributed by atoms with Gasteiger partial charge in [0, 0.05) is 12.8 Å². The maximum atomic E-state index is 12.0. The van der Waals surface area contributed by atoms with Crippen LogP contribution in [0.2, 0.25) is 0 Å². The third-order valence-corrected chi connectivity index (χ3v) is 5.16. The smallest absolute Gasteiger partial charge is 0.307 e. The fourth-order valence-corrected chi connectivity index (χ4v) is 3.22. The van der Waals surface area contributed by atoms with Crippen molar-refractivity contribution >= 4 is 25.8 Å². The average molecular weight is 349 g/mol. The van der Waals surface area contributed by atoms with Gasteiger partial charge >= 0.3 is 5.97 Å². The number of carbonyl (C=O) groups is 1. The minimum absolute atomic E-state index is 0.0342. The van der Waals surface area contributed by atoms with Crippen LogP contribution in [0.5, 0.6) is 0 Å². The molecule has 0 spiro atoms. The Kier molecular flexibility index (Phi) is 6.09. The van der Waals surface area contributed by atoms with E-state index >= 15 is 0 Å². The van der Waals surface area contributed by atoms with Gasteiger partial charge in [0.1, 0.15) is 0 Å². The molecule has 0 amide bonds. The van der Waals surface area contributed by atoms with Crippen LogP contribution in [0.1, 0.15) is 20.3 Å². The Morgan fingerprint density at radius 3 is 2.05 bits per heavy atom. The second-order valence-corrected chi connectivity index (χ2v) is 8.71. The minimum atomic E-state index is -3.80. The zero-order valence-corrected chi connectivity index (χ0v) is 14.2. The van der Waals surface area contributed by atoms with Crippen molar-refractivity contribution in [2.75, 3.05) is 12.8 Å². The van der Waals surface area contributed by atoms with Crippen molar-refractivity contribution in [1.29, 1.82) is 0 Å². The summed E-state index contributed by atoms with van der Waals surface area (Å²) in [7, 11) is -7.18. The van der Waals surface area contributed by atoms with Crippen LogP contribution in [-0.2, 0) is 29.4 Å². The standard InChI is InChI=1S/C13H19NO6S2/c1-10(2)20-13(15)8-9-14-22(18,19)12-6-4-11(5-7-12)21(3,16)17/h4-7,10,14H,8-9H2,1-3H3. The highest BCUT2D eigenvalue weighted by atomic mass is 32.2. The van der Waals surface area contributed by atoms with E-state index in [9.17, 15) is 21.6 Å². The number of carbonyl (C=O) groups excluding carboxylic acids is 1. The van der Waals surface area contributed by atoms with Gasteiger partial charge in [0.25, 0.3) is 0 Å². The molecule has 0 bridgehead atoms. The Bertz CT molecular complexity index is 720. The Labute approximate surface area is 130 Å². The van der Waals surface area contributed by atoms with E-state index in [0.29, 0.717) is 0 Å². The van der Waals surface area contributed by atoms with Gasteiger partial charge in [-0.25, -0.2) is 21.6 Å². The predicted octanol–water partition coefficient (Wildman–Crippen LogP) is 0.710. The van der Waals surface area contributed by atoms with Gasteiger partial charge in [-0.2, -0.15) is 0 Å². The lowest BCUT2D eigenvalue weighted by Crippen LogP contribution is -2.27. The highest BCUT2D eigenvalue weighted by Gasteiger charge is 2.16. The second-order valence-electron chi connectivity index (χ2n) is 4.93. The van der Waals surface area contributed by atoms with E-state index in [1.54, 1.807) is 13.8 Å². The lowest BCUT2D eigenvalue weighted by molar-refractivity contribution is -0.147. The molecule has 1 aromatic carbocycles. The van der Waals surface area contributed by atoms with Crippen molar-refractivity contribution in [2.24, 2.45) is 0 Å². The summed E-state index contributed by atoms with van der Waals surface area (Å²) >= 11 is 0. The van der Waals surface area contributed by atoms with Gasteiger partial charge in [-0.15, -0.1) is 0 Å². The molecule has 0 heterocycles. The van der Waals surface area contributed by atoms with E-state index in [1.807, 2.05) is 0 Å². The molecule has 0 aromatic heterocycles. The third-order valence-electron chi connectivity index (χ3n) is 2.55. The van der Waals surface area contributed by atoms with Gasteiger partial charge in [-0.3, -0.25) is 4.79 Å². The molecule has 0 aliphatic heterocycles. The van der Waals surface area contributed by atoms with Crippen molar-refractivity contribution in [1.82, 2.24) is 4.72 Å². The molecule has 0 unspecified atom stereocenters. The summed E-state index contributed by atoms with van der Waals surface area (Å²) in [5.41, 5.74) is 0. The van der Waals surface area contributed by atoms with E-state index in [1.165, 1.54) is 24.3 Å². The van der Waals surface area contributed by atoms with E-state index in [2.05, 4.69) is 4.72 Å². The first-order chi connectivity index (χ1) is 10.0. The lowest BCUT2D eigenvalue weighted by Gasteiger charge is -2.09. The van der Waals surface area contributed by atoms with Crippen molar-refractivity contribution < 1.29 is 26.4 Å². The highest BCUT2D eigenvalue weighted by Crippen LogP contribution is 2.14. The van der Waals surface area contributed by atoms with E-state index in [4.69, 9.17) is 4.74 Å². The van der Waals surface area contributed by atoms with Crippen LogP contribution in [-0.4, -0.2) is 41.7 Å². The number of rotatable bonds is 7. The van der Waals surface area contributed by atoms with E-state index in [-0.39, 0.29) is 28.9 Å². The number of nitrogens with one attached hydrogen (secondary N) is 1. The Balaban J connectivity index is 2.69. The van der Waals surface area contributed by atoms with Gasteiger partial charge in [-0.05, 0) is 38.1 Å². The number of ether oxygens (including phenoxy) is 1. The summed E-state index contributed by atoms with van der Waals surface area (Å²) in [6.07, 6.45) is 0.695. The molecule has 9 heteroatoms. The molecule has 0 atom stereocenters. The molecule has 0 saturated carbocycles. The highest BCUT2D eigenvalue weighted by molar-refractivity contribution is 7.90. The Morgan fingerprint density at radius 2 is 1.59 bits per heavy atom. The molecular formula is C13H19NO6S2. The van der Waals surface area contributed by atoms with Crippen molar-refractivity contribution in [2.45, 2.75) is 36.2 Å². The normalized spacial score (nSPS) is 12.4. The predicted molar refractivity (Wildman–Crippen MR) is 80.6 cm³/mol. The lowest BCUT2D eigenvalue weighted by atomic mass is 10.4.